The zero-order chi connectivity index (χ0) is 14.3. The Balaban J connectivity index is 2.33. The number of esters is 1. The van der Waals surface area contributed by atoms with Crippen LogP contribution in [0.4, 0.5) is 0 Å². The average Bonchev–Trinajstić information content (AvgIpc) is 2.35. The minimum absolute atomic E-state index is 0.153. The molecule has 1 aromatic carbocycles. The Morgan fingerprint density at radius 1 is 1.32 bits per heavy atom. The topological polar surface area (TPSA) is 84.9 Å². The first-order chi connectivity index (χ1) is 8.91. The van der Waals surface area contributed by atoms with Gasteiger partial charge in [0.2, 0.25) is 0 Å². The van der Waals surface area contributed by atoms with Crippen LogP contribution >= 0.6 is 7.82 Å². The second-order valence-corrected chi connectivity index (χ2v) is 4.94. The summed E-state index contributed by atoms with van der Waals surface area (Å²) in [5.74, 6) is -0.451. The highest BCUT2D eigenvalue weighted by Crippen LogP contribution is 2.38. The van der Waals surface area contributed by atoms with Crippen LogP contribution in [0.1, 0.15) is 6.92 Å². The van der Waals surface area contributed by atoms with Crippen LogP contribution in [-0.2, 0) is 18.6 Å². The number of hydrogen-bond donors (Lipinski definition) is 0. The lowest BCUT2D eigenvalue weighted by Crippen LogP contribution is -2.15. The number of benzene rings is 1. The lowest BCUT2D eigenvalue weighted by molar-refractivity contribution is -0.217. The molecule has 0 saturated heterocycles. The quantitative estimate of drug-likeness (QED) is 0.328. The third-order valence-electron chi connectivity index (χ3n) is 1.87. The van der Waals surface area contributed by atoms with E-state index in [0.29, 0.717) is 0 Å². The van der Waals surface area contributed by atoms with E-state index in [4.69, 9.17) is 0 Å². The number of phosphoric acid groups is 1. The van der Waals surface area contributed by atoms with E-state index in [9.17, 15) is 14.3 Å². The third kappa shape index (κ3) is 6.20. The molecule has 0 spiro atoms. The van der Waals surface area contributed by atoms with Crippen molar-refractivity contribution in [1.29, 1.82) is 0 Å². The van der Waals surface area contributed by atoms with Crippen molar-refractivity contribution in [3.63, 3.8) is 0 Å². The molecule has 0 amide bonds. The lowest BCUT2D eigenvalue weighted by atomic mass is 10.3. The molecule has 0 radical (unpaired) electrons. The third-order valence-corrected chi connectivity index (χ3v) is 2.81. The molecule has 6 nitrogen and oxygen atoms in total. The maximum Gasteiger partial charge on any atom is 0.333 e. The van der Waals surface area contributed by atoms with Gasteiger partial charge in [0.05, 0.1) is 6.61 Å². The summed E-state index contributed by atoms with van der Waals surface area (Å²) in [6.45, 7) is 4.36. The second kappa shape index (κ2) is 7.09. The van der Waals surface area contributed by atoms with E-state index in [1.807, 2.05) is 0 Å². The normalized spacial score (nSPS) is 13.4. The summed E-state index contributed by atoms with van der Waals surface area (Å²) in [4.78, 5) is 22.4. The Morgan fingerprint density at radius 3 is 2.53 bits per heavy atom. The van der Waals surface area contributed by atoms with Crippen molar-refractivity contribution < 1.29 is 28.0 Å². The van der Waals surface area contributed by atoms with Crippen molar-refractivity contribution in [3.05, 3.63) is 42.5 Å². The number of carbonyl (C=O) groups is 1. The van der Waals surface area contributed by atoms with Crippen LogP contribution in [0, 0.1) is 0 Å². The fourth-order valence-electron chi connectivity index (χ4n) is 1.04. The van der Waals surface area contributed by atoms with Crippen LogP contribution in [0.3, 0.4) is 0 Å². The largest absolute Gasteiger partial charge is 0.746 e. The fourth-order valence-corrected chi connectivity index (χ4v) is 1.77. The fraction of sp³-hybridized carbons (Fsp3) is 0.250. The van der Waals surface area contributed by atoms with Crippen LogP contribution in [-0.4, -0.2) is 19.2 Å². The zero-order valence-electron chi connectivity index (χ0n) is 10.4. The first-order valence-corrected chi connectivity index (χ1v) is 6.89. The van der Waals surface area contributed by atoms with Crippen molar-refractivity contribution in [1.82, 2.24) is 0 Å². The average molecular weight is 285 g/mol. The standard InChI is InChI=1S/C12H15O6P/c1-10(2)12(13)16-8-9-17-19(14,15)18-11-6-4-3-5-7-11/h3-7H,1,8-9H2,2H3,(H,14,15)/p-1. The smallest absolute Gasteiger partial charge is 0.333 e. The molecule has 1 unspecified atom stereocenters. The zero-order valence-corrected chi connectivity index (χ0v) is 11.3. The number of rotatable bonds is 7. The van der Waals surface area contributed by atoms with E-state index in [2.05, 4.69) is 20.4 Å². The molecule has 1 atom stereocenters. The van der Waals surface area contributed by atoms with Gasteiger partial charge in [0.25, 0.3) is 0 Å². The van der Waals surface area contributed by atoms with Gasteiger partial charge in [0, 0.05) is 5.57 Å². The molecule has 0 fully saturated rings. The SMILES string of the molecule is C=C(C)C(=O)OCCOP(=O)([O-])Oc1ccccc1. The summed E-state index contributed by atoms with van der Waals surface area (Å²) in [5, 5.41) is 0. The summed E-state index contributed by atoms with van der Waals surface area (Å²) in [5.41, 5.74) is 0.228. The van der Waals surface area contributed by atoms with Gasteiger partial charge < -0.3 is 18.7 Å². The van der Waals surface area contributed by atoms with E-state index in [1.54, 1.807) is 18.2 Å². The number of phosphoric ester groups is 1. The van der Waals surface area contributed by atoms with E-state index < -0.39 is 13.8 Å². The monoisotopic (exact) mass is 285 g/mol. The van der Waals surface area contributed by atoms with Gasteiger partial charge in [-0.15, -0.1) is 0 Å². The molecule has 0 bridgehead atoms. The van der Waals surface area contributed by atoms with Crippen LogP contribution in [0.2, 0.25) is 0 Å². The Bertz CT molecular complexity index is 484. The molecule has 19 heavy (non-hydrogen) atoms. The maximum atomic E-state index is 11.4. The predicted octanol–water partition coefficient (Wildman–Crippen LogP) is 1.67. The van der Waals surface area contributed by atoms with Crippen LogP contribution < -0.4 is 9.42 Å². The first kappa shape index (κ1) is 15.4. The Kier molecular flexibility index (Phi) is 5.76. The number of para-hydroxylation sites is 1. The summed E-state index contributed by atoms with van der Waals surface area (Å²) < 4.78 is 25.3. The van der Waals surface area contributed by atoms with Gasteiger partial charge in [-0.2, -0.15) is 0 Å². The molecule has 7 heteroatoms. The van der Waals surface area contributed by atoms with Gasteiger partial charge in [-0.25, -0.2) is 4.79 Å². The van der Waals surface area contributed by atoms with E-state index >= 15 is 0 Å². The number of ether oxygens (including phenoxy) is 1. The van der Waals surface area contributed by atoms with Crippen LogP contribution in [0.25, 0.3) is 0 Å². The lowest BCUT2D eigenvalue weighted by Gasteiger charge is -2.23. The van der Waals surface area contributed by atoms with Gasteiger partial charge in [0.1, 0.15) is 12.4 Å². The highest BCUT2D eigenvalue weighted by Gasteiger charge is 2.11. The second-order valence-electron chi connectivity index (χ2n) is 3.60. The Labute approximate surface area is 111 Å². The van der Waals surface area contributed by atoms with Crippen molar-refractivity contribution in [3.8, 4) is 5.75 Å². The van der Waals surface area contributed by atoms with E-state index in [0.717, 1.165) is 0 Å². The van der Waals surface area contributed by atoms with Crippen molar-refractivity contribution in [2.24, 2.45) is 0 Å². The van der Waals surface area contributed by atoms with E-state index in [1.165, 1.54) is 19.1 Å². The molecule has 1 rings (SSSR count). The van der Waals surface area contributed by atoms with Crippen molar-refractivity contribution in [2.75, 3.05) is 13.2 Å². The molecule has 0 saturated carbocycles. The van der Waals surface area contributed by atoms with Crippen LogP contribution in [0.15, 0.2) is 42.5 Å². The number of hydrogen-bond acceptors (Lipinski definition) is 6. The molecule has 1 aromatic rings. The van der Waals surface area contributed by atoms with Gasteiger partial charge in [-0.05, 0) is 19.1 Å². The predicted molar refractivity (Wildman–Crippen MR) is 66.4 cm³/mol. The van der Waals surface area contributed by atoms with Crippen molar-refractivity contribution >= 4 is 13.8 Å². The molecule has 0 aliphatic rings. The molecule has 0 aliphatic carbocycles. The minimum Gasteiger partial charge on any atom is -0.746 e. The molecule has 0 aromatic heterocycles. The highest BCUT2D eigenvalue weighted by atomic mass is 31.2. The van der Waals surface area contributed by atoms with Crippen LogP contribution in [0.5, 0.6) is 5.75 Å². The molecule has 0 heterocycles. The van der Waals surface area contributed by atoms with Gasteiger partial charge >= 0.3 is 13.8 Å². The molecule has 0 N–H and O–H groups in total. The van der Waals surface area contributed by atoms with Gasteiger partial charge in [-0.3, -0.25) is 4.57 Å². The van der Waals surface area contributed by atoms with E-state index in [-0.39, 0.29) is 24.5 Å². The Hall–Kier alpha value is -1.62. The molecule has 104 valence electrons. The van der Waals surface area contributed by atoms with Gasteiger partial charge in [-0.1, -0.05) is 24.8 Å². The summed E-state index contributed by atoms with van der Waals surface area (Å²) >= 11 is 0. The van der Waals surface area contributed by atoms with Gasteiger partial charge in [0.15, 0.2) is 0 Å². The summed E-state index contributed by atoms with van der Waals surface area (Å²) in [6.07, 6.45) is 0. The summed E-state index contributed by atoms with van der Waals surface area (Å²) in [7, 11) is -4.46. The molecular formula is C12H14O6P-. The maximum absolute atomic E-state index is 11.4. The summed E-state index contributed by atoms with van der Waals surface area (Å²) in [6, 6.07) is 7.94. The van der Waals surface area contributed by atoms with Crippen molar-refractivity contribution in [2.45, 2.75) is 6.92 Å². The molecular weight excluding hydrogens is 271 g/mol. The minimum atomic E-state index is -4.46. The molecule has 0 aliphatic heterocycles. The Morgan fingerprint density at radius 2 is 1.95 bits per heavy atom. The number of carbonyl (C=O) groups excluding carboxylic acids is 1. The first-order valence-electron chi connectivity index (χ1n) is 5.43. The highest BCUT2D eigenvalue weighted by molar-refractivity contribution is 7.46.